The van der Waals surface area contributed by atoms with Gasteiger partial charge >= 0.3 is 0 Å². The van der Waals surface area contributed by atoms with Gasteiger partial charge in [0.15, 0.2) is 0 Å². The van der Waals surface area contributed by atoms with Crippen LogP contribution in [0.3, 0.4) is 0 Å². The molecule has 0 saturated heterocycles. The molecule has 0 aliphatic carbocycles. The molecule has 140 valence electrons. The van der Waals surface area contributed by atoms with Crippen molar-refractivity contribution in [3.8, 4) is 17.3 Å². The zero-order chi connectivity index (χ0) is 19.9. The van der Waals surface area contributed by atoms with E-state index in [4.69, 9.17) is 5.26 Å². The summed E-state index contributed by atoms with van der Waals surface area (Å²) in [6.07, 6.45) is 1.28. The van der Waals surface area contributed by atoms with Crippen molar-refractivity contribution in [2.45, 2.75) is 4.90 Å². The Labute approximate surface area is 162 Å². The molecule has 0 radical (unpaired) electrons. The number of benzene rings is 2. The first-order valence-corrected chi connectivity index (χ1v) is 10.3. The van der Waals surface area contributed by atoms with Crippen molar-refractivity contribution >= 4 is 37.1 Å². The predicted molar refractivity (Wildman–Crippen MR) is 103 cm³/mol. The second kappa shape index (κ2) is 6.74. The molecule has 0 saturated carbocycles. The average molecular weight is 415 g/mol. The molecule has 4 rings (SSSR count). The molecule has 0 amide bonds. The number of aromatic nitrogens is 1. The summed E-state index contributed by atoms with van der Waals surface area (Å²) in [7, 11) is -4.17. The van der Waals surface area contributed by atoms with E-state index < -0.39 is 32.9 Å². The van der Waals surface area contributed by atoms with E-state index in [1.54, 1.807) is 0 Å². The van der Waals surface area contributed by atoms with Gasteiger partial charge in [-0.1, -0.05) is 18.2 Å². The van der Waals surface area contributed by atoms with Crippen LogP contribution in [0.4, 0.5) is 14.5 Å². The topological polar surface area (TPSA) is 85.8 Å². The van der Waals surface area contributed by atoms with Crippen LogP contribution in [-0.4, -0.2) is 13.4 Å². The number of rotatable bonds is 4. The first-order valence-electron chi connectivity index (χ1n) is 7.96. The maximum atomic E-state index is 14.0. The van der Waals surface area contributed by atoms with Crippen molar-refractivity contribution < 1.29 is 17.2 Å². The zero-order valence-corrected chi connectivity index (χ0v) is 15.7. The van der Waals surface area contributed by atoms with Crippen molar-refractivity contribution in [3.63, 3.8) is 0 Å². The monoisotopic (exact) mass is 415 g/mol. The third-order valence-corrected chi connectivity index (χ3v) is 6.47. The number of hydrogen-bond acceptors (Lipinski definition) is 4. The first-order chi connectivity index (χ1) is 13.4. The lowest BCUT2D eigenvalue weighted by Crippen LogP contribution is -2.13. The molecule has 0 unspecified atom stereocenters. The number of sulfonamides is 1. The van der Waals surface area contributed by atoms with Crippen LogP contribution in [0.5, 0.6) is 0 Å². The number of nitriles is 1. The number of hydrogen-bond donors (Lipinski definition) is 2. The SMILES string of the molecule is N#Cc1cc(F)c(NS(=O)(=O)c2c[nH]c(-c3cccc4ccsc34)c2)cc1F. The van der Waals surface area contributed by atoms with Gasteiger partial charge in [0, 0.05) is 28.2 Å². The van der Waals surface area contributed by atoms with E-state index in [1.165, 1.54) is 29.7 Å². The highest BCUT2D eigenvalue weighted by Gasteiger charge is 2.20. The lowest BCUT2D eigenvalue weighted by atomic mass is 10.1. The quantitative estimate of drug-likeness (QED) is 0.500. The van der Waals surface area contributed by atoms with Gasteiger partial charge in [-0.3, -0.25) is 4.72 Å². The van der Waals surface area contributed by atoms with Gasteiger partial charge in [0.25, 0.3) is 10.0 Å². The highest BCUT2D eigenvalue weighted by Crippen LogP contribution is 2.33. The Morgan fingerprint density at radius 1 is 1.11 bits per heavy atom. The molecule has 0 atom stereocenters. The van der Waals surface area contributed by atoms with Crippen molar-refractivity contribution in [1.82, 2.24) is 4.98 Å². The third kappa shape index (κ3) is 3.13. The lowest BCUT2D eigenvalue weighted by Gasteiger charge is -2.08. The van der Waals surface area contributed by atoms with Crippen molar-refractivity contribution in [2.24, 2.45) is 0 Å². The van der Waals surface area contributed by atoms with E-state index in [-0.39, 0.29) is 4.90 Å². The normalized spacial score (nSPS) is 11.5. The molecular formula is C19H11F2N3O2S2. The van der Waals surface area contributed by atoms with Gasteiger partial charge in [-0.05, 0) is 29.0 Å². The zero-order valence-electron chi connectivity index (χ0n) is 14.0. The van der Waals surface area contributed by atoms with Crippen LogP contribution in [0, 0.1) is 23.0 Å². The van der Waals surface area contributed by atoms with Crippen LogP contribution in [-0.2, 0) is 10.0 Å². The highest BCUT2D eigenvalue weighted by atomic mass is 32.2. The van der Waals surface area contributed by atoms with Gasteiger partial charge in [0.2, 0.25) is 0 Å². The van der Waals surface area contributed by atoms with E-state index in [2.05, 4.69) is 4.98 Å². The highest BCUT2D eigenvalue weighted by molar-refractivity contribution is 7.92. The standard InChI is InChI=1S/C19H11F2N3O2S2/c20-15-8-18(16(21)6-12(15)9-22)24-28(25,26)13-7-17(23-10-13)14-3-1-2-11-4-5-27-19(11)14/h1-8,10,23-24H. The number of halogens is 2. The number of H-pyrrole nitrogens is 1. The number of fused-ring (bicyclic) bond motifs is 1. The van der Waals surface area contributed by atoms with Crippen molar-refractivity contribution in [3.05, 3.63) is 71.2 Å². The van der Waals surface area contributed by atoms with Crippen molar-refractivity contribution in [1.29, 1.82) is 5.26 Å². The summed E-state index contributed by atoms with van der Waals surface area (Å²) in [5.41, 5.74) is 0.345. The minimum Gasteiger partial charge on any atom is -0.360 e. The number of nitrogens with zero attached hydrogens (tertiary/aromatic N) is 1. The van der Waals surface area contributed by atoms with Crippen molar-refractivity contribution in [2.75, 3.05) is 4.72 Å². The van der Waals surface area contributed by atoms with Crippen LogP contribution in [0.15, 0.2) is 58.9 Å². The van der Waals surface area contributed by atoms with Gasteiger partial charge in [0.05, 0.1) is 11.3 Å². The summed E-state index contributed by atoms with van der Waals surface area (Å²) in [4.78, 5) is 2.79. The molecule has 0 aliphatic heterocycles. The van der Waals surface area contributed by atoms with Crippen LogP contribution in [0.2, 0.25) is 0 Å². The van der Waals surface area contributed by atoms with Gasteiger partial charge in [-0.2, -0.15) is 5.26 Å². The molecule has 0 aliphatic rings. The number of thiophene rings is 1. The summed E-state index contributed by atoms with van der Waals surface area (Å²) in [5, 5.41) is 11.7. The van der Waals surface area contributed by atoms with E-state index >= 15 is 0 Å². The maximum Gasteiger partial charge on any atom is 0.263 e. The largest absolute Gasteiger partial charge is 0.360 e. The second-order valence-electron chi connectivity index (χ2n) is 5.92. The lowest BCUT2D eigenvalue weighted by molar-refractivity contribution is 0.593. The van der Waals surface area contributed by atoms with E-state index in [0.717, 1.165) is 15.6 Å². The summed E-state index contributed by atoms with van der Waals surface area (Å²) >= 11 is 1.53. The predicted octanol–water partition coefficient (Wildman–Crippen LogP) is 4.85. The van der Waals surface area contributed by atoms with Gasteiger partial charge in [-0.25, -0.2) is 17.2 Å². The Kier molecular flexibility index (Phi) is 4.37. The fourth-order valence-electron chi connectivity index (χ4n) is 2.80. The maximum absolute atomic E-state index is 14.0. The van der Waals surface area contributed by atoms with Crippen LogP contribution >= 0.6 is 11.3 Å². The molecule has 0 fully saturated rings. The molecule has 4 aromatic rings. The Bertz CT molecular complexity index is 1350. The number of aromatic amines is 1. The summed E-state index contributed by atoms with van der Waals surface area (Å²) < 4.78 is 56.0. The molecule has 5 nitrogen and oxygen atoms in total. The fraction of sp³-hybridized carbons (Fsp3) is 0. The molecule has 0 bridgehead atoms. The summed E-state index contributed by atoms with van der Waals surface area (Å²) in [6.45, 7) is 0. The van der Waals surface area contributed by atoms with E-state index in [9.17, 15) is 17.2 Å². The Balaban J connectivity index is 1.70. The van der Waals surface area contributed by atoms with Crippen LogP contribution in [0.1, 0.15) is 5.56 Å². The molecular weight excluding hydrogens is 404 g/mol. The van der Waals surface area contributed by atoms with Crippen LogP contribution < -0.4 is 4.72 Å². The Morgan fingerprint density at radius 2 is 1.93 bits per heavy atom. The molecule has 0 spiro atoms. The van der Waals surface area contributed by atoms with Gasteiger partial charge < -0.3 is 4.98 Å². The Hall–Kier alpha value is -3.22. The number of anilines is 1. The number of nitrogens with one attached hydrogen (secondary N) is 2. The van der Waals surface area contributed by atoms with Gasteiger partial charge in [-0.15, -0.1) is 11.3 Å². The molecule has 28 heavy (non-hydrogen) atoms. The fourth-order valence-corrected chi connectivity index (χ4v) is 4.78. The smallest absolute Gasteiger partial charge is 0.263 e. The minimum absolute atomic E-state index is 0.125. The van der Waals surface area contributed by atoms with E-state index in [1.807, 2.05) is 34.4 Å². The summed E-state index contributed by atoms with van der Waals surface area (Å²) in [5.74, 6) is -2.05. The molecule has 2 aromatic heterocycles. The van der Waals surface area contributed by atoms with Crippen LogP contribution in [0.25, 0.3) is 21.3 Å². The second-order valence-corrected chi connectivity index (χ2v) is 8.52. The summed E-state index contributed by atoms with van der Waals surface area (Å²) in [6, 6.07) is 11.9. The molecule has 2 aromatic carbocycles. The Morgan fingerprint density at radius 3 is 2.71 bits per heavy atom. The first kappa shape index (κ1) is 18.2. The minimum atomic E-state index is -4.17. The third-order valence-electron chi connectivity index (χ3n) is 4.16. The molecule has 2 N–H and O–H groups in total. The molecule has 9 heteroatoms. The molecule has 2 heterocycles. The van der Waals surface area contributed by atoms with Gasteiger partial charge in [0.1, 0.15) is 22.6 Å². The average Bonchev–Trinajstić information content (AvgIpc) is 3.33. The van der Waals surface area contributed by atoms with E-state index in [0.29, 0.717) is 17.8 Å².